The summed E-state index contributed by atoms with van der Waals surface area (Å²) in [4.78, 5) is 30.1. The fourth-order valence-corrected chi connectivity index (χ4v) is 7.13. The second-order valence-electron chi connectivity index (χ2n) is 12.4. The summed E-state index contributed by atoms with van der Waals surface area (Å²) in [5.74, 6) is -0.359. The maximum atomic E-state index is 14.8. The predicted octanol–water partition coefficient (Wildman–Crippen LogP) is 6.88. The lowest BCUT2D eigenvalue weighted by molar-refractivity contribution is -0.140. The standard InChI is InChI=1S/C37H41BrClN3O7S/c1-37(2,3)40-36(44)31(20-25-10-8-7-9-11-25)41(23-26-12-14-27(38)15-13-26)35(43)24-42(30-21-28(39)16-18-32(30)47-4)50(45,46)29-17-19-33(48-5)34(22-29)49-6/h7-19,21-22,31H,20,23-24H2,1-6H3,(H,40,44). The Morgan fingerprint density at radius 1 is 0.820 bits per heavy atom. The first-order valence-corrected chi connectivity index (χ1v) is 18.3. The van der Waals surface area contributed by atoms with Crippen LogP contribution in [0, 0.1) is 0 Å². The van der Waals surface area contributed by atoms with Crippen molar-refractivity contribution in [1.82, 2.24) is 10.2 Å². The number of rotatable bonds is 14. The SMILES string of the molecule is COc1ccc(S(=O)(=O)N(CC(=O)N(Cc2ccc(Br)cc2)C(Cc2ccccc2)C(=O)NC(C)(C)C)c2cc(Cl)ccc2OC)cc1OC. The summed E-state index contributed by atoms with van der Waals surface area (Å²) >= 11 is 9.85. The van der Waals surface area contributed by atoms with Gasteiger partial charge in [0.2, 0.25) is 11.8 Å². The van der Waals surface area contributed by atoms with Gasteiger partial charge in [-0.2, -0.15) is 0 Å². The van der Waals surface area contributed by atoms with E-state index in [1.165, 1.54) is 56.6 Å². The summed E-state index contributed by atoms with van der Waals surface area (Å²) in [7, 11) is -0.272. The fraction of sp³-hybridized carbons (Fsp3) is 0.297. The zero-order valence-corrected chi connectivity index (χ0v) is 31.9. The lowest BCUT2D eigenvalue weighted by atomic mass is 10.0. The summed E-state index contributed by atoms with van der Waals surface area (Å²) in [5, 5.41) is 3.25. The van der Waals surface area contributed by atoms with Crippen LogP contribution in [-0.2, 0) is 32.6 Å². The van der Waals surface area contributed by atoms with E-state index in [1.54, 1.807) is 6.07 Å². The molecule has 0 bridgehead atoms. The van der Waals surface area contributed by atoms with Crippen molar-refractivity contribution in [3.8, 4) is 17.2 Å². The monoisotopic (exact) mass is 785 g/mol. The number of anilines is 1. The van der Waals surface area contributed by atoms with E-state index in [0.29, 0.717) is 5.75 Å². The third-order valence-corrected chi connectivity index (χ3v) is 10.2. The summed E-state index contributed by atoms with van der Waals surface area (Å²) in [6, 6.07) is 24.3. The number of benzene rings is 4. The number of hydrogen-bond donors (Lipinski definition) is 1. The Morgan fingerprint density at radius 2 is 1.44 bits per heavy atom. The summed E-state index contributed by atoms with van der Waals surface area (Å²) in [6.07, 6.45) is 0.175. The lowest BCUT2D eigenvalue weighted by Gasteiger charge is -2.35. The molecule has 0 aromatic heterocycles. The highest BCUT2D eigenvalue weighted by Gasteiger charge is 2.37. The number of methoxy groups -OCH3 is 3. The molecule has 0 saturated heterocycles. The Hall–Kier alpha value is -4.26. The van der Waals surface area contributed by atoms with Crippen LogP contribution in [0.25, 0.3) is 0 Å². The molecular weight excluding hydrogens is 746 g/mol. The third-order valence-electron chi connectivity index (χ3n) is 7.67. The average molecular weight is 787 g/mol. The summed E-state index contributed by atoms with van der Waals surface area (Å²) < 4.78 is 47.2. The largest absolute Gasteiger partial charge is 0.495 e. The van der Waals surface area contributed by atoms with Crippen LogP contribution in [0.4, 0.5) is 5.69 Å². The molecule has 0 radical (unpaired) electrons. The van der Waals surface area contributed by atoms with Crippen LogP contribution in [0.2, 0.25) is 5.02 Å². The van der Waals surface area contributed by atoms with Gasteiger partial charge in [-0.1, -0.05) is 70.0 Å². The molecule has 0 spiro atoms. The van der Waals surface area contributed by atoms with Crippen molar-refractivity contribution in [2.24, 2.45) is 0 Å². The molecule has 4 aromatic rings. The van der Waals surface area contributed by atoms with Crippen LogP contribution in [0.3, 0.4) is 0 Å². The van der Waals surface area contributed by atoms with Gasteiger partial charge >= 0.3 is 0 Å². The number of sulfonamides is 1. The molecule has 0 aliphatic heterocycles. The first kappa shape index (κ1) is 38.5. The molecule has 2 amide bonds. The lowest BCUT2D eigenvalue weighted by Crippen LogP contribution is -2.56. The highest BCUT2D eigenvalue weighted by atomic mass is 79.9. The number of amides is 2. The van der Waals surface area contributed by atoms with Gasteiger partial charge in [0.05, 0.1) is 31.9 Å². The molecule has 4 rings (SSSR count). The molecule has 50 heavy (non-hydrogen) atoms. The quantitative estimate of drug-likeness (QED) is 0.148. The van der Waals surface area contributed by atoms with Gasteiger partial charge in [0, 0.05) is 34.1 Å². The zero-order valence-electron chi connectivity index (χ0n) is 28.8. The van der Waals surface area contributed by atoms with Crippen molar-refractivity contribution in [2.45, 2.75) is 50.2 Å². The van der Waals surface area contributed by atoms with Crippen molar-refractivity contribution in [2.75, 3.05) is 32.2 Å². The van der Waals surface area contributed by atoms with Crippen molar-refractivity contribution < 1.29 is 32.2 Å². The van der Waals surface area contributed by atoms with Gasteiger partial charge in [0.1, 0.15) is 18.3 Å². The fourth-order valence-electron chi connectivity index (χ4n) is 5.27. The maximum Gasteiger partial charge on any atom is 0.265 e. The van der Waals surface area contributed by atoms with Gasteiger partial charge < -0.3 is 24.4 Å². The molecule has 1 unspecified atom stereocenters. The first-order valence-electron chi connectivity index (χ1n) is 15.6. The molecule has 0 heterocycles. The van der Waals surface area contributed by atoms with Gasteiger partial charge in [-0.05, 0) is 74.4 Å². The van der Waals surface area contributed by atoms with Gasteiger partial charge in [-0.15, -0.1) is 0 Å². The Morgan fingerprint density at radius 3 is 2.04 bits per heavy atom. The van der Waals surface area contributed by atoms with E-state index < -0.39 is 34.1 Å². The van der Waals surface area contributed by atoms with Gasteiger partial charge in [-0.3, -0.25) is 13.9 Å². The van der Waals surface area contributed by atoms with Crippen LogP contribution >= 0.6 is 27.5 Å². The molecule has 0 aliphatic rings. The number of carbonyl (C=O) groups is 2. The number of nitrogens with one attached hydrogen (secondary N) is 1. The first-order chi connectivity index (χ1) is 23.7. The van der Waals surface area contributed by atoms with Crippen LogP contribution in [0.15, 0.2) is 100 Å². The van der Waals surface area contributed by atoms with Crippen LogP contribution in [-0.4, -0.2) is 64.6 Å². The minimum absolute atomic E-state index is 0.0120. The molecule has 10 nitrogen and oxygen atoms in total. The van der Waals surface area contributed by atoms with Crippen LogP contribution in [0.1, 0.15) is 31.9 Å². The molecule has 1 N–H and O–H groups in total. The molecular formula is C37H41BrClN3O7S. The van der Waals surface area contributed by atoms with Gasteiger partial charge in [-0.25, -0.2) is 8.42 Å². The van der Waals surface area contributed by atoms with Gasteiger partial charge in [0.25, 0.3) is 10.0 Å². The molecule has 266 valence electrons. The van der Waals surface area contributed by atoms with E-state index in [9.17, 15) is 18.0 Å². The number of ether oxygens (including phenoxy) is 3. The number of hydrogen-bond acceptors (Lipinski definition) is 7. The van der Waals surface area contributed by atoms with E-state index in [0.717, 1.165) is 19.9 Å². The Bertz CT molecular complexity index is 1900. The highest BCUT2D eigenvalue weighted by molar-refractivity contribution is 9.10. The van der Waals surface area contributed by atoms with Crippen molar-refractivity contribution >= 4 is 55.1 Å². The minimum atomic E-state index is -4.50. The molecule has 0 aliphatic carbocycles. The van der Waals surface area contributed by atoms with Crippen molar-refractivity contribution in [3.63, 3.8) is 0 Å². The zero-order chi connectivity index (χ0) is 36.6. The van der Waals surface area contributed by atoms with E-state index in [4.69, 9.17) is 25.8 Å². The second-order valence-corrected chi connectivity index (χ2v) is 15.7. The Balaban J connectivity index is 1.89. The molecule has 4 aromatic carbocycles. The maximum absolute atomic E-state index is 14.8. The third kappa shape index (κ3) is 9.70. The second kappa shape index (κ2) is 16.6. The van der Waals surface area contributed by atoms with Crippen LogP contribution < -0.4 is 23.8 Å². The minimum Gasteiger partial charge on any atom is -0.495 e. The van der Waals surface area contributed by atoms with Crippen LogP contribution in [0.5, 0.6) is 17.2 Å². The van der Waals surface area contributed by atoms with Crippen molar-refractivity contribution in [3.05, 3.63) is 112 Å². The normalized spacial score (nSPS) is 12.1. The van der Waals surface area contributed by atoms with E-state index in [1.807, 2.05) is 75.4 Å². The summed E-state index contributed by atoms with van der Waals surface area (Å²) in [6.45, 7) is 4.88. The highest BCUT2D eigenvalue weighted by Crippen LogP contribution is 2.37. The Kier molecular flexibility index (Phi) is 12.8. The number of halogens is 2. The smallest absolute Gasteiger partial charge is 0.265 e. The molecule has 1 atom stereocenters. The average Bonchev–Trinajstić information content (AvgIpc) is 3.08. The van der Waals surface area contributed by atoms with Crippen molar-refractivity contribution in [1.29, 1.82) is 0 Å². The van der Waals surface area contributed by atoms with E-state index in [2.05, 4.69) is 21.2 Å². The van der Waals surface area contributed by atoms with Gasteiger partial charge in [0.15, 0.2) is 11.5 Å². The number of nitrogens with zero attached hydrogens (tertiary/aromatic N) is 2. The summed E-state index contributed by atoms with van der Waals surface area (Å²) in [5.41, 5.74) is 0.972. The number of carbonyl (C=O) groups excluding carboxylic acids is 2. The van der Waals surface area contributed by atoms with E-state index in [-0.39, 0.29) is 46.0 Å². The molecule has 0 saturated carbocycles. The Labute approximate surface area is 307 Å². The van der Waals surface area contributed by atoms with E-state index >= 15 is 0 Å². The predicted molar refractivity (Wildman–Crippen MR) is 199 cm³/mol. The molecule has 0 fully saturated rings. The molecule has 13 heteroatoms. The topological polar surface area (TPSA) is 114 Å².